The summed E-state index contributed by atoms with van der Waals surface area (Å²) in [7, 11) is 1.29. The van der Waals surface area contributed by atoms with Gasteiger partial charge in [-0.2, -0.15) is 0 Å². The number of ether oxygens (including phenoxy) is 1. The van der Waals surface area contributed by atoms with E-state index in [1.165, 1.54) is 13.2 Å². The normalized spacial score (nSPS) is 13.1. The van der Waals surface area contributed by atoms with Gasteiger partial charge in [-0.1, -0.05) is 18.2 Å². The Balaban J connectivity index is 1.87. The number of esters is 1. The number of phenols is 1. The summed E-state index contributed by atoms with van der Waals surface area (Å²) in [5, 5.41) is 9.99. The highest BCUT2D eigenvalue weighted by molar-refractivity contribution is 7.98. The summed E-state index contributed by atoms with van der Waals surface area (Å²) in [6.07, 6.45) is 0.0342. The molecular weight excluding hydrogens is 330 g/mol. The number of hydrogen-bond donors (Lipinski definition) is 1. The summed E-state index contributed by atoms with van der Waals surface area (Å²) in [6.45, 7) is 0. The average molecular weight is 343 g/mol. The zero-order valence-corrected chi connectivity index (χ0v) is 13.5. The van der Waals surface area contributed by atoms with E-state index in [4.69, 9.17) is 0 Å². The van der Waals surface area contributed by atoms with E-state index < -0.39 is 17.8 Å². The fourth-order valence-corrected chi connectivity index (χ4v) is 3.25. The minimum Gasteiger partial charge on any atom is -0.507 e. The van der Waals surface area contributed by atoms with E-state index in [9.17, 15) is 19.5 Å². The fourth-order valence-electron chi connectivity index (χ4n) is 2.33. The van der Waals surface area contributed by atoms with Gasteiger partial charge in [0.2, 0.25) is 0 Å². The van der Waals surface area contributed by atoms with Gasteiger partial charge in [0.1, 0.15) is 5.75 Å². The SMILES string of the molecule is COC(=O)Cc1ccc(O)c(SN2C(=O)c3ccccc3C2=O)c1. The van der Waals surface area contributed by atoms with Crippen molar-refractivity contribution in [3.63, 3.8) is 0 Å². The molecule has 3 rings (SSSR count). The summed E-state index contributed by atoms with van der Waals surface area (Å²) in [4.78, 5) is 36.4. The van der Waals surface area contributed by atoms with Gasteiger partial charge in [0.25, 0.3) is 11.8 Å². The molecule has 0 spiro atoms. The Bertz CT molecular complexity index is 814. The molecular formula is C17H13NO5S. The molecule has 0 radical (unpaired) electrons. The van der Waals surface area contributed by atoms with Crippen LogP contribution in [0.5, 0.6) is 5.75 Å². The maximum Gasteiger partial charge on any atom is 0.309 e. The molecule has 1 aliphatic heterocycles. The van der Waals surface area contributed by atoms with Crippen LogP contribution in [0, 0.1) is 0 Å². The highest BCUT2D eigenvalue weighted by Gasteiger charge is 2.36. The molecule has 2 aromatic carbocycles. The van der Waals surface area contributed by atoms with Crippen molar-refractivity contribution < 1.29 is 24.2 Å². The third-order valence-electron chi connectivity index (χ3n) is 3.55. The van der Waals surface area contributed by atoms with Crippen molar-refractivity contribution in [3.8, 4) is 5.75 Å². The lowest BCUT2D eigenvalue weighted by molar-refractivity contribution is -0.139. The van der Waals surface area contributed by atoms with E-state index in [2.05, 4.69) is 4.74 Å². The van der Waals surface area contributed by atoms with Crippen LogP contribution in [0.4, 0.5) is 0 Å². The zero-order chi connectivity index (χ0) is 17.3. The Labute approximate surface area is 142 Å². The van der Waals surface area contributed by atoms with E-state index in [1.54, 1.807) is 36.4 Å². The molecule has 0 saturated carbocycles. The molecule has 0 saturated heterocycles. The van der Waals surface area contributed by atoms with Gasteiger partial charge < -0.3 is 9.84 Å². The number of benzene rings is 2. The van der Waals surface area contributed by atoms with Gasteiger partial charge in [0, 0.05) is 11.9 Å². The van der Waals surface area contributed by atoms with E-state index in [0.29, 0.717) is 21.6 Å². The summed E-state index contributed by atoms with van der Waals surface area (Å²) in [5.74, 6) is -1.36. The van der Waals surface area contributed by atoms with Crippen molar-refractivity contribution in [2.45, 2.75) is 11.3 Å². The Morgan fingerprint density at radius 1 is 1.12 bits per heavy atom. The molecule has 0 fully saturated rings. The van der Waals surface area contributed by atoms with Gasteiger partial charge in [-0.3, -0.25) is 14.4 Å². The highest BCUT2D eigenvalue weighted by Crippen LogP contribution is 2.37. The van der Waals surface area contributed by atoms with Crippen LogP contribution in [0.3, 0.4) is 0 Å². The summed E-state index contributed by atoms with van der Waals surface area (Å²) < 4.78 is 5.61. The molecule has 0 unspecified atom stereocenters. The van der Waals surface area contributed by atoms with Crippen LogP contribution >= 0.6 is 11.9 Å². The first kappa shape index (κ1) is 16.1. The molecule has 1 aliphatic rings. The fraction of sp³-hybridized carbons (Fsp3) is 0.118. The number of nitrogens with zero attached hydrogens (tertiary/aromatic N) is 1. The molecule has 0 bridgehead atoms. The largest absolute Gasteiger partial charge is 0.507 e. The van der Waals surface area contributed by atoms with E-state index in [-0.39, 0.29) is 12.2 Å². The number of carbonyl (C=O) groups excluding carboxylic acids is 3. The van der Waals surface area contributed by atoms with E-state index >= 15 is 0 Å². The number of rotatable bonds is 4. The van der Waals surface area contributed by atoms with Crippen LogP contribution in [0.15, 0.2) is 47.4 Å². The van der Waals surface area contributed by atoms with E-state index in [0.717, 1.165) is 16.3 Å². The highest BCUT2D eigenvalue weighted by atomic mass is 32.2. The van der Waals surface area contributed by atoms with Crippen LogP contribution in [0.1, 0.15) is 26.3 Å². The van der Waals surface area contributed by atoms with Crippen LogP contribution in [0.2, 0.25) is 0 Å². The second kappa shape index (κ2) is 6.37. The van der Waals surface area contributed by atoms with Crippen molar-refractivity contribution in [2.24, 2.45) is 0 Å². The number of imide groups is 1. The van der Waals surface area contributed by atoms with E-state index in [1.807, 2.05) is 0 Å². The molecule has 122 valence electrons. The predicted octanol–water partition coefficient (Wildman–Crippen LogP) is 2.41. The van der Waals surface area contributed by atoms with Gasteiger partial charge >= 0.3 is 5.97 Å². The lowest BCUT2D eigenvalue weighted by Crippen LogP contribution is -2.22. The first-order valence-corrected chi connectivity index (χ1v) is 7.83. The van der Waals surface area contributed by atoms with Crippen LogP contribution in [-0.2, 0) is 16.0 Å². The smallest absolute Gasteiger partial charge is 0.309 e. The van der Waals surface area contributed by atoms with Crippen LogP contribution in [-0.4, -0.2) is 34.3 Å². The summed E-state index contributed by atoms with van der Waals surface area (Å²) in [5.41, 5.74) is 1.28. The number of methoxy groups -OCH3 is 1. The number of fused-ring (bicyclic) bond motifs is 1. The Morgan fingerprint density at radius 3 is 2.33 bits per heavy atom. The molecule has 0 atom stereocenters. The molecule has 1 N–H and O–H groups in total. The quantitative estimate of drug-likeness (QED) is 0.521. The molecule has 6 nitrogen and oxygen atoms in total. The molecule has 1 heterocycles. The third kappa shape index (κ3) is 2.85. The Hall–Kier alpha value is -2.80. The lowest BCUT2D eigenvalue weighted by Gasteiger charge is -2.14. The van der Waals surface area contributed by atoms with Gasteiger partial charge in [-0.05, 0) is 29.8 Å². The van der Waals surface area contributed by atoms with Gasteiger partial charge in [0.05, 0.1) is 29.6 Å². The lowest BCUT2D eigenvalue weighted by atomic mass is 10.1. The first-order chi connectivity index (χ1) is 11.5. The topological polar surface area (TPSA) is 83.9 Å². The maximum absolute atomic E-state index is 12.4. The van der Waals surface area contributed by atoms with Gasteiger partial charge in [0.15, 0.2) is 0 Å². The zero-order valence-electron chi connectivity index (χ0n) is 12.7. The molecule has 2 amide bonds. The molecule has 0 aromatic heterocycles. The Kier molecular flexibility index (Phi) is 4.26. The summed E-state index contributed by atoms with van der Waals surface area (Å²) in [6, 6.07) is 11.1. The number of aromatic hydroxyl groups is 1. The molecule has 7 heteroatoms. The minimum atomic E-state index is -0.432. The third-order valence-corrected chi connectivity index (χ3v) is 4.58. The number of hydrogen-bond acceptors (Lipinski definition) is 6. The van der Waals surface area contributed by atoms with Crippen molar-refractivity contribution in [1.29, 1.82) is 0 Å². The van der Waals surface area contributed by atoms with Gasteiger partial charge in [-0.15, -0.1) is 0 Å². The average Bonchev–Trinajstić information content (AvgIpc) is 2.83. The van der Waals surface area contributed by atoms with Crippen molar-refractivity contribution in [2.75, 3.05) is 7.11 Å². The number of amides is 2. The molecule has 2 aromatic rings. The molecule has 0 aliphatic carbocycles. The first-order valence-electron chi connectivity index (χ1n) is 7.05. The number of phenolic OH excluding ortho intramolecular Hbond substituents is 1. The maximum atomic E-state index is 12.4. The van der Waals surface area contributed by atoms with Gasteiger partial charge in [-0.25, -0.2) is 4.31 Å². The minimum absolute atomic E-state index is 0.0342. The van der Waals surface area contributed by atoms with Crippen LogP contribution in [0.25, 0.3) is 0 Å². The second-order valence-corrected chi connectivity index (χ2v) is 6.08. The van der Waals surface area contributed by atoms with Crippen LogP contribution < -0.4 is 0 Å². The monoisotopic (exact) mass is 343 g/mol. The van der Waals surface area contributed by atoms with Crippen molar-refractivity contribution in [3.05, 3.63) is 59.2 Å². The van der Waals surface area contributed by atoms with Crippen molar-refractivity contribution in [1.82, 2.24) is 4.31 Å². The summed E-state index contributed by atoms with van der Waals surface area (Å²) >= 11 is 0.832. The number of carbonyl (C=O) groups is 3. The molecule has 24 heavy (non-hydrogen) atoms. The second-order valence-electron chi connectivity index (χ2n) is 5.10. The van der Waals surface area contributed by atoms with Crippen molar-refractivity contribution >= 4 is 29.7 Å². The Morgan fingerprint density at radius 2 is 1.75 bits per heavy atom. The standard InChI is InChI=1S/C17H13NO5S/c1-23-15(20)9-10-6-7-13(19)14(8-10)24-18-16(21)11-4-2-3-5-12(11)17(18)22/h2-8,19H,9H2,1H3. The predicted molar refractivity (Wildman–Crippen MR) is 86.6 cm³/mol.